The quantitative estimate of drug-likeness (QED) is 0.576. The van der Waals surface area contributed by atoms with E-state index in [9.17, 15) is 22.8 Å². The van der Waals surface area contributed by atoms with Gasteiger partial charge in [0.05, 0.1) is 17.9 Å². The monoisotopic (exact) mass is 440 g/mol. The van der Waals surface area contributed by atoms with Crippen LogP contribution < -0.4 is 15.4 Å². The highest BCUT2D eigenvalue weighted by Crippen LogP contribution is 2.35. The SMILES string of the molecule is COCCOc1ccc(C(F)(F)F)cc1NC(=O)[C@@H](C)NC(=O)OCc1ccccc1. The smallest absolute Gasteiger partial charge is 0.416 e. The molecule has 0 saturated carbocycles. The van der Waals surface area contributed by atoms with Gasteiger partial charge in [0.2, 0.25) is 5.91 Å². The lowest BCUT2D eigenvalue weighted by molar-refractivity contribution is -0.137. The number of rotatable bonds is 9. The van der Waals surface area contributed by atoms with E-state index in [0.717, 1.165) is 23.8 Å². The summed E-state index contributed by atoms with van der Waals surface area (Å²) in [5.74, 6) is -0.704. The number of carbonyl (C=O) groups is 2. The number of anilines is 1. The van der Waals surface area contributed by atoms with Gasteiger partial charge in [-0.05, 0) is 30.7 Å². The number of nitrogens with one attached hydrogen (secondary N) is 2. The van der Waals surface area contributed by atoms with Crippen molar-refractivity contribution in [1.29, 1.82) is 0 Å². The van der Waals surface area contributed by atoms with Crippen LogP contribution in [0.15, 0.2) is 48.5 Å². The first kappa shape index (κ1) is 24.0. The molecular weight excluding hydrogens is 417 g/mol. The van der Waals surface area contributed by atoms with Gasteiger partial charge < -0.3 is 24.8 Å². The summed E-state index contributed by atoms with van der Waals surface area (Å²) in [6.45, 7) is 1.66. The number of hydrogen-bond donors (Lipinski definition) is 2. The fourth-order valence-corrected chi connectivity index (χ4v) is 2.41. The van der Waals surface area contributed by atoms with E-state index >= 15 is 0 Å². The van der Waals surface area contributed by atoms with Crippen LogP contribution in [0, 0.1) is 0 Å². The summed E-state index contributed by atoms with van der Waals surface area (Å²) in [7, 11) is 1.45. The Morgan fingerprint density at radius 1 is 1.06 bits per heavy atom. The average Bonchev–Trinajstić information content (AvgIpc) is 2.73. The lowest BCUT2D eigenvalue weighted by atomic mass is 10.1. The van der Waals surface area contributed by atoms with Crippen LogP contribution in [0.3, 0.4) is 0 Å². The Morgan fingerprint density at radius 2 is 1.77 bits per heavy atom. The van der Waals surface area contributed by atoms with E-state index in [1.54, 1.807) is 24.3 Å². The molecule has 2 N–H and O–H groups in total. The van der Waals surface area contributed by atoms with Crippen LogP contribution >= 0.6 is 0 Å². The number of amides is 2. The molecule has 2 aromatic rings. The summed E-state index contributed by atoms with van der Waals surface area (Å²) in [6.07, 6.45) is -5.44. The minimum atomic E-state index is -4.60. The maximum atomic E-state index is 13.1. The highest BCUT2D eigenvalue weighted by molar-refractivity contribution is 5.97. The van der Waals surface area contributed by atoms with E-state index in [4.69, 9.17) is 14.2 Å². The van der Waals surface area contributed by atoms with Gasteiger partial charge in [-0.25, -0.2) is 4.79 Å². The molecule has 0 aliphatic carbocycles. The van der Waals surface area contributed by atoms with Crippen molar-refractivity contribution in [1.82, 2.24) is 5.32 Å². The molecule has 0 heterocycles. The van der Waals surface area contributed by atoms with Gasteiger partial charge in [-0.1, -0.05) is 30.3 Å². The molecule has 7 nitrogen and oxygen atoms in total. The van der Waals surface area contributed by atoms with Gasteiger partial charge in [0.1, 0.15) is 25.0 Å². The van der Waals surface area contributed by atoms with E-state index in [0.29, 0.717) is 0 Å². The van der Waals surface area contributed by atoms with Crippen LogP contribution in [0.5, 0.6) is 5.75 Å². The second-order valence-corrected chi connectivity index (χ2v) is 6.47. The molecule has 0 saturated heterocycles. The van der Waals surface area contributed by atoms with Gasteiger partial charge in [0, 0.05) is 7.11 Å². The standard InChI is InChI=1S/C21H23F3N2O5/c1-14(25-20(28)31-13-15-6-4-3-5-7-15)19(27)26-17-12-16(21(22,23)24)8-9-18(17)30-11-10-29-2/h3-9,12,14H,10-11,13H2,1-2H3,(H,25,28)(H,26,27)/t14-/m1/s1. The molecule has 10 heteroatoms. The Morgan fingerprint density at radius 3 is 2.42 bits per heavy atom. The number of carbonyl (C=O) groups excluding carboxylic acids is 2. The fraction of sp³-hybridized carbons (Fsp3) is 0.333. The molecule has 0 aromatic heterocycles. The maximum absolute atomic E-state index is 13.1. The lowest BCUT2D eigenvalue weighted by Crippen LogP contribution is -2.41. The van der Waals surface area contributed by atoms with Gasteiger partial charge in [-0.2, -0.15) is 13.2 Å². The van der Waals surface area contributed by atoms with Crippen molar-refractivity contribution in [2.24, 2.45) is 0 Å². The number of hydrogen-bond acceptors (Lipinski definition) is 5. The maximum Gasteiger partial charge on any atom is 0.416 e. The van der Waals surface area contributed by atoms with Gasteiger partial charge in [-0.15, -0.1) is 0 Å². The molecule has 2 aromatic carbocycles. The lowest BCUT2D eigenvalue weighted by Gasteiger charge is -2.18. The molecule has 0 aliphatic heterocycles. The van der Waals surface area contributed by atoms with E-state index in [1.165, 1.54) is 14.0 Å². The zero-order valence-corrected chi connectivity index (χ0v) is 17.0. The predicted molar refractivity (Wildman–Crippen MR) is 107 cm³/mol. The molecule has 168 valence electrons. The molecule has 31 heavy (non-hydrogen) atoms. The molecule has 0 spiro atoms. The van der Waals surface area contributed by atoms with Crippen molar-refractivity contribution in [3.63, 3.8) is 0 Å². The predicted octanol–water partition coefficient (Wildman–Crippen LogP) is 3.98. The minimum absolute atomic E-state index is 0.00608. The molecule has 1 atom stereocenters. The van der Waals surface area contributed by atoms with Crippen molar-refractivity contribution in [3.8, 4) is 5.75 Å². The molecule has 0 radical (unpaired) electrons. The number of alkyl carbamates (subject to hydrolysis) is 1. The van der Waals surface area contributed by atoms with Crippen molar-refractivity contribution < 1.29 is 37.0 Å². The summed E-state index contributed by atoms with van der Waals surface area (Å²) in [4.78, 5) is 24.3. The van der Waals surface area contributed by atoms with Crippen LogP contribution in [0.25, 0.3) is 0 Å². The van der Waals surface area contributed by atoms with Gasteiger partial charge in [0.15, 0.2) is 0 Å². The first-order chi connectivity index (χ1) is 14.7. The number of ether oxygens (including phenoxy) is 3. The van der Waals surface area contributed by atoms with E-state index in [2.05, 4.69) is 10.6 Å². The van der Waals surface area contributed by atoms with Gasteiger partial charge in [-0.3, -0.25) is 4.79 Å². The number of halogens is 3. The second kappa shape index (κ2) is 11.2. The summed E-state index contributed by atoms with van der Waals surface area (Å²) < 4.78 is 54.4. The zero-order valence-electron chi connectivity index (χ0n) is 17.0. The fourth-order valence-electron chi connectivity index (χ4n) is 2.41. The Balaban J connectivity index is 2.01. The van der Waals surface area contributed by atoms with Crippen molar-refractivity contribution >= 4 is 17.7 Å². The third-order valence-corrected chi connectivity index (χ3v) is 4.05. The van der Waals surface area contributed by atoms with Crippen molar-refractivity contribution in [2.45, 2.75) is 25.7 Å². The summed E-state index contributed by atoms with van der Waals surface area (Å²) in [5, 5.41) is 4.68. The number of alkyl halides is 3. The molecule has 2 amide bonds. The van der Waals surface area contributed by atoms with Crippen LogP contribution in [0.2, 0.25) is 0 Å². The zero-order chi connectivity index (χ0) is 22.9. The minimum Gasteiger partial charge on any atom is -0.489 e. The Kier molecular flexibility index (Phi) is 8.68. The van der Waals surface area contributed by atoms with E-state index in [1.807, 2.05) is 6.07 Å². The summed E-state index contributed by atoms with van der Waals surface area (Å²) >= 11 is 0. The van der Waals surface area contributed by atoms with Crippen LogP contribution in [0.1, 0.15) is 18.1 Å². The number of methoxy groups -OCH3 is 1. The molecule has 0 bridgehead atoms. The molecule has 0 fully saturated rings. The topological polar surface area (TPSA) is 85.9 Å². The summed E-state index contributed by atoms with van der Waals surface area (Å²) in [5.41, 5.74) is -0.372. The molecule has 0 unspecified atom stereocenters. The largest absolute Gasteiger partial charge is 0.489 e. The number of benzene rings is 2. The highest BCUT2D eigenvalue weighted by Gasteiger charge is 2.31. The first-order valence-corrected chi connectivity index (χ1v) is 9.31. The third kappa shape index (κ3) is 7.82. The van der Waals surface area contributed by atoms with E-state index < -0.39 is 29.8 Å². The highest BCUT2D eigenvalue weighted by atomic mass is 19.4. The van der Waals surface area contributed by atoms with Gasteiger partial charge >= 0.3 is 12.3 Å². The Hall–Kier alpha value is -3.27. The van der Waals surface area contributed by atoms with E-state index in [-0.39, 0.29) is 31.3 Å². The summed E-state index contributed by atoms with van der Waals surface area (Å²) in [6, 6.07) is 10.6. The third-order valence-electron chi connectivity index (χ3n) is 4.05. The van der Waals surface area contributed by atoms with Gasteiger partial charge in [0.25, 0.3) is 0 Å². The second-order valence-electron chi connectivity index (χ2n) is 6.47. The van der Waals surface area contributed by atoms with Crippen LogP contribution in [-0.4, -0.2) is 38.4 Å². The Labute approximate surface area is 177 Å². The molecule has 2 rings (SSSR count). The van der Waals surface area contributed by atoms with Crippen LogP contribution in [-0.2, 0) is 27.1 Å². The Bertz CT molecular complexity index is 875. The normalized spacial score (nSPS) is 12.0. The first-order valence-electron chi connectivity index (χ1n) is 9.31. The van der Waals surface area contributed by atoms with Crippen LogP contribution in [0.4, 0.5) is 23.7 Å². The van der Waals surface area contributed by atoms with Crippen molar-refractivity contribution in [3.05, 3.63) is 59.7 Å². The molecule has 0 aliphatic rings. The average molecular weight is 440 g/mol. The molecular formula is C21H23F3N2O5. The van der Waals surface area contributed by atoms with Crippen molar-refractivity contribution in [2.75, 3.05) is 25.6 Å².